The number of sulfonamides is 1. The molecule has 33 heavy (non-hydrogen) atoms. The smallest absolute Gasteiger partial charge is 0.272 e. The number of aromatic nitrogens is 2. The molecule has 1 N–H and O–H groups in total. The number of aryl methyl sites for hydroxylation is 1. The lowest BCUT2D eigenvalue weighted by Crippen LogP contribution is -2.48. The first kappa shape index (κ1) is 23.3. The van der Waals surface area contributed by atoms with Gasteiger partial charge in [-0.1, -0.05) is 55.5 Å². The molecule has 1 amide bonds. The molecule has 1 aliphatic rings. The number of anilines is 2. The van der Waals surface area contributed by atoms with Gasteiger partial charge in [0, 0.05) is 37.4 Å². The SMILES string of the molecule is Cc1ccccc1N1CCN(S(=O)(=O)c2nnc(NC(=O)c3ccc(C(C)C)cc3)s2)CC1. The Hall–Kier alpha value is -2.82. The van der Waals surface area contributed by atoms with Crippen LogP contribution in [0.1, 0.15) is 41.3 Å². The van der Waals surface area contributed by atoms with E-state index < -0.39 is 10.0 Å². The minimum Gasteiger partial charge on any atom is -0.369 e. The molecule has 174 valence electrons. The van der Waals surface area contributed by atoms with Crippen LogP contribution in [0.15, 0.2) is 52.9 Å². The Kier molecular flexibility index (Phi) is 6.78. The van der Waals surface area contributed by atoms with E-state index >= 15 is 0 Å². The van der Waals surface area contributed by atoms with Gasteiger partial charge in [-0.15, -0.1) is 10.2 Å². The highest BCUT2D eigenvalue weighted by atomic mass is 32.2. The fraction of sp³-hybridized carbons (Fsp3) is 0.348. The Morgan fingerprint density at radius 1 is 1.00 bits per heavy atom. The molecular weight excluding hydrogens is 458 g/mol. The standard InChI is InChI=1S/C23H27N5O3S2/c1-16(2)18-8-10-19(11-9-18)21(29)24-22-25-26-23(32-22)33(30,31)28-14-12-27(13-15-28)20-7-5-4-6-17(20)3/h4-11,16H,12-15H2,1-3H3,(H,24,25,29). The molecule has 2 heterocycles. The van der Waals surface area contributed by atoms with E-state index in [0.29, 0.717) is 37.7 Å². The van der Waals surface area contributed by atoms with Gasteiger partial charge in [-0.2, -0.15) is 4.31 Å². The van der Waals surface area contributed by atoms with Crippen LogP contribution in [0.5, 0.6) is 0 Å². The third-order valence-corrected chi connectivity index (χ3v) is 8.80. The molecule has 10 heteroatoms. The average Bonchev–Trinajstić information content (AvgIpc) is 3.29. The number of hydrogen-bond acceptors (Lipinski definition) is 7. The highest BCUT2D eigenvalue weighted by molar-refractivity contribution is 7.91. The molecule has 0 unspecified atom stereocenters. The fourth-order valence-corrected chi connectivity index (χ4v) is 6.21. The maximum atomic E-state index is 13.1. The number of hydrogen-bond donors (Lipinski definition) is 1. The van der Waals surface area contributed by atoms with Crippen molar-refractivity contribution in [2.75, 3.05) is 36.4 Å². The molecule has 1 aliphatic heterocycles. The summed E-state index contributed by atoms with van der Waals surface area (Å²) < 4.78 is 27.5. The van der Waals surface area contributed by atoms with Gasteiger partial charge in [0.25, 0.3) is 15.9 Å². The quantitative estimate of drug-likeness (QED) is 0.535. The molecule has 0 spiro atoms. The third kappa shape index (κ3) is 5.07. The molecule has 0 radical (unpaired) electrons. The van der Waals surface area contributed by atoms with E-state index in [2.05, 4.69) is 40.3 Å². The largest absolute Gasteiger partial charge is 0.369 e. The van der Waals surface area contributed by atoms with E-state index in [9.17, 15) is 13.2 Å². The normalized spacial score (nSPS) is 15.1. The molecule has 0 atom stereocenters. The van der Waals surface area contributed by atoms with Crippen LogP contribution >= 0.6 is 11.3 Å². The number of amides is 1. The lowest BCUT2D eigenvalue weighted by Gasteiger charge is -2.35. The second-order valence-electron chi connectivity index (χ2n) is 8.28. The topological polar surface area (TPSA) is 95.5 Å². The maximum Gasteiger partial charge on any atom is 0.272 e. The van der Waals surface area contributed by atoms with Crippen molar-refractivity contribution in [3.63, 3.8) is 0 Å². The van der Waals surface area contributed by atoms with Crippen molar-refractivity contribution in [1.29, 1.82) is 0 Å². The molecule has 3 aromatic rings. The summed E-state index contributed by atoms with van der Waals surface area (Å²) in [6, 6.07) is 15.4. The average molecular weight is 486 g/mol. The molecule has 0 bridgehead atoms. The van der Waals surface area contributed by atoms with Crippen molar-refractivity contribution < 1.29 is 13.2 Å². The number of nitrogens with one attached hydrogen (secondary N) is 1. The second kappa shape index (κ2) is 9.58. The van der Waals surface area contributed by atoms with Crippen molar-refractivity contribution in [3.05, 3.63) is 65.2 Å². The van der Waals surface area contributed by atoms with E-state index in [-0.39, 0.29) is 15.4 Å². The van der Waals surface area contributed by atoms with E-state index in [1.165, 1.54) is 4.31 Å². The fourth-order valence-electron chi connectivity index (χ4n) is 3.75. The summed E-state index contributed by atoms with van der Waals surface area (Å²) in [6.45, 7) is 8.13. The van der Waals surface area contributed by atoms with Crippen molar-refractivity contribution in [1.82, 2.24) is 14.5 Å². The van der Waals surface area contributed by atoms with Crippen LogP contribution in [0.4, 0.5) is 10.8 Å². The molecule has 4 rings (SSSR count). The Balaban J connectivity index is 1.40. The van der Waals surface area contributed by atoms with Crippen LogP contribution in [-0.2, 0) is 10.0 Å². The van der Waals surface area contributed by atoms with Gasteiger partial charge in [0.05, 0.1) is 0 Å². The number of para-hydroxylation sites is 1. The predicted molar refractivity (Wildman–Crippen MR) is 131 cm³/mol. The van der Waals surface area contributed by atoms with E-state index in [0.717, 1.165) is 28.2 Å². The zero-order chi connectivity index (χ0) is 23.6. The van der Waals surface area contributed by atoms with Gasteiger partial charge in [-0.3, -0.25) is 10.1 Å². The third-order valence-electron chi connectivity index (χ3n) is 5.72. The van der Waals surface area contributed by atoms with Crippen LogP contribution < -0.4 is 10.2 Å². The number of rotatable bonds is 6. The summed E-state index contributed by atoms with van der Waals surface area (Å²) in [5.74, 6) is 0.0221. The summed E-state index contributed by atoms with van der Waals surface area (Å²) in [4.78, 5) is 14.7. The molecule has 0 aliphatic carbocycles. The van der Waals surface area contributed by atoms with Crippen LogP contribution in [0.3, 0.4) is 0 Å². The minimum absolute atomic E-state index is 0.114. The zero-order valence-electron chi connectivity index (χ0n) is 18.9. The summed E-state index contributed by atoms with van der Waals surface area (Å²) in [7, 11) is -3.77. The van der Waals surface area contributed by atoms with Gasteiger partial charge in [0.1, 0.15) is 0 Å². The maximum absolute atomic E-state index is 13.1. The number of piperazine rings is 1. The van der Waals surface area contributed by atoms with Gasteiger partial charge in [0.15, 0.2) is 0 Å². The van der Waals surface area contributed by atoms with Crippen LogP contribution in [-0.4, -0.2) is 55.0 Å². The Morgan fingerprint density at radius 3 is 2.30 bits per heavy atom. The van der Waals surface area contributed by atoms with Crippen molar-refractivity contribution >= 4 is 38.1 Å². The summed E-state index contributed by atoms with van der Waals surface area (Å²) in [6.07, 6.45) is 0. The lowest BCUT2D eigenvalue weighted by molar-refractivity contribution is 0.102. The first-order chi connectivity index (χ1) is 15.8. The van der Waals surface area contributed by atoms with Crippen LogP contribution in [0.2, 0.25) is 0 Å². The van der Waals surface area contributed by atoms with Crippen LogP contribution in [0.25, 0.3) is 0 Å². The van der Waals surface area contributed by atoms with Gasteiger partial charge >= 0.3 is 0 Å². The van der Waals surface area contributed by atoms with Crippen molar-refractivity contribution in [3.8, 4) is 0 Å². The molecule has 0 saturated carbocycles. The van der Waals surface area contributed by atoms with E-state index in [1.54, 1.807) is 12.1 Å². The molecule has 8 nitrogen and oxygen atoms in total. The number of nitrogens with zero attached hydrogens (tertiary/aromatic N) is 4. The number of carbonyl (C=O) groups excluding carboxylic acids is 1. The first-order valence-corrected chi connectivity index (χ1v) is 13.1. The summed E-state index contributed by atoms with van der Waals surface area (Å²) >= 11 is 0.867. The zero-order valence-corrected chi connectivity index (χ0v) is 20.5. The summed E-state index contributed by atoms with van der Waals surface area (Å²) in [5.41, 5.74) is 3.90. The van der Waals surface area contributed by atoms with E-state index in [4.69, 9.17) is 0 Å². The van der Waals surface area contributed by atoms with Gasteiger partial charge in [0.2, 0.25) is 9.47 Å². The minimum atomic E-state index is -3.77. The summed E-state index contributed by atoms with van der Waals surface area (Å²) in [5, 5.41) is 10.5. The first-order valence-electron chi connectivity index (χ1n) is 10.8. The monoisotopic (exact) mass is 485 g/mol. The molecule has 2 aromatic carbocycles. The molecule has 1 fully saturated rings. The van der Waals surface area contributed by atoms with Gasteiger partial charge in [-0.25, -0.2) is 8.42 Å². The molecule has 1 aromatic heterocycles. The highest BCUT2D eigenvalue weighted by Crippen LogP contribution is 2.27. The lowest BCUT2D eigenvalue weighted by atomic mass is 10.0. The van der Waals surface area contributed by atoms with Gasteiger partial charge < -0.3 is 4.90 Å². The Bertz CT molecular complexity index is 1230. The second-order valence-corrected chi connectivity index (χ2v) is 11.4. The van der Waals surface area contributed by atoms with Crippen molar-refractivity contribution in [2.45, 2.75) is 31.0 Å². The Morgan fingerprint density at radius 2 is 1.67 bits per heavy atom. The van der Waals surface area contributed by atoms with Crippen molar-refractivity contribution in [2.24, 2.45) is 0 Å². The highest BCUT2D eigenvalue weighted by Gasteiger charge is 2.32. The predicted octanol–water partition coefficient (Wildman–Crippen LogP) is 3.73. The number of benzene rings is 2. The number of carbonyl (C=O) groups is 1. The molecular formula is C23H27N5O3S2. The van der Waals surface area contributed by atoms with E-state index in [1.807, 2.05) is 37.3 Å². The van der Waals surface area contributed by atoms with Crippen LogP contribution in [0, 0.1) is 6.92 Å². The van der Waals surface area contributed by atoms with Gasteiger partial charge in [-0.05, 0) is 42.2 Å². The molecule has 1 saturated heterocycles. The Labute approximate surface area is 198 Å².